The van der Waals surface area contributed by atoms with E-state index in [1.165, 1.54) is 9.13 Å². The Morgan fingerprint density at radius 1 is 1.29 bits per heavy atom. The number of benzene rings is 1. The molecule has 17 heavy (non-hydrogen) atoms. The van der Waals surface area contributed by atoms with Crippen LogP contribution in [0.2, 0.25) is 0 Å². The van der Waals surface area contributed by atoms with Crippen LogP contribution in [0.4, 0.5) is 0 Å². The van der Waals surface area contributed by atoms with Gasteiger partial charge in [-0.15, -0.1) is 0 Å². The molecule has 1 aromatic rings. The summed E-state index contributed by atoms with van der Waals surface area (Å²) in [4.78, 5) is 0. The minimum absolute atomic E-state index is 0.302. The molecular formula is C14H20INO. The highest BCUT2D eigenvalue weighted by molar-refractivity contribution is 14.1. The molecule has 1 saturated carbocycles. The van der Waals surface area contributed by atoms with Gasteiger partial charge >= 0.3 is 0 Å². The fraction of sp³-hybridized carbons (Fsp3) is 0.571. The summed E-state index contributed by atoms with van der Waals surface area (Å²) in [6.45, 7) is 2.86. The summed E-state index contributed by atoms with van der Waals surface area (Å²) in [5.74, 6) is 0. The second kappa shape index (κ2) is 5.67. The molecule has 1 unspecified atom stereocenters. The molecule has 0 bridgehead atoms. The van der Waals surface area contributed by atoms with Crippen molar-refractivity contribution >= 4 is 22.6 Å². The number of hydrogen-bond donors (Lipinski definition) is 2. The number of rotatable bonds is 4. The van der Waals surface area contributed by atoms with Crippen LogP contribution in [0, 0.1) is 3.57 Å². The fourth-order valence-electron chi connectivity index (χ4n) is 2.42. The van der Waals surface area contributed by atoms with Gasteiger partial charge in [-0.1, -0.05) is 25.0 Å². The summed E-state index contributed by atoms with van der Waals surface area (Å²) in [5.41, 5.74) is 0.823. The Kier molecular flexibility index (Phi) is 4.44. The lowest BCUT2D eigenvalue weighted by Gasteiger charge is -2.25. The fourth-order valence-corrected chi connectivity index (χ4v) is 2.78. The Balaban J connectivity index is 1.88. The predicted molar refractivity (Wildman–Crippen MR) is 79.0 cm³/mol. The molecule has 0 aromatic heterocycles. The summed E-state index contributed by atoms with van der Waals surface area (Å²) in [7, 11) is 0. The second-order valence-corrected chi connectivity index (χ2v) is 6.33. The van der Waals surface area contributed by atoms with E-state index in [1.807, 2.05) is 0 Å². The van der Waals surface area contributed by atoms with Crippen LogP contribution in [0.1, 0.15) is 44.2 Å². The molecule has 2 N–H and O–H groups in total. The Bertz CT molecular complexity index is 357. The van der Waals surface area contributed by atoms with Crippen molar-refractivity contribution in [3.8, 4) is 0 Å². The highest BCUT2D eigenvalue weighted by Gasteiger charge is 2.30. The molecular weight excluding hydrogens is 325 g/mol. The van der Waals surface area contributed by atoms with Crippen LogP contribution in [0.15, 0.2) is 24.3 Å². The summed E-state index contributed by atoms with van der Waals surface area (Å²) in [5, 5.41) is 13.7. The zero-order valence-electron chi connectivity index (χ0n) is 10.2. The van der Waals surface area contributed by atoms with Gasteiger partial charge in [-0.2, -0.15) is 0 Å². The standard InChI is InChI=1S/C14H20INO/c1-11(12-4-6-13(15)7-5-12)16-10-14(17)8-2-3-9-14/h4-7,11,16-17H,2-3,8-10H2,1H3. The van der Waals surface area contributed by atoms with Gasteiger partial charge in [-0.25, -0.2) is 0 Å². The summed E-state index contributed by atoms with van der Waals surface area (Å²) in [6.07, 6.45) is 4.21. The lowest BCUT2D eigenvalue weighted by molar-refractivity contribution is 0.0453. The lowest BCUT2D eigenvalue weighted by Crippen LogP contribution is -2.39. The van der Waals surface area contributed by atoms with Gasteiger partial charge in [0.15, 0.2) is 0 Å². The molecule has 2 nitrogen and oxygen atoms in total. The van der Waals surface area contributed by atoms with E-state index in [4.69, 9.17) is 0 Å². The number of halogens is 1. The van der Waals surface area contributed by atoms with Crippen LogP contribution >= 0.6 is 22.6 Å². The zero-order chi connectivity index (χ0) is 12.3. The van der Waals surface area contributed by atoms with Gasteiger partial charge in [0, 0.05) is 16.2 Å². The maximum atomic E-state index is 10.3. The van der Waals surface area contributed by atoms with Crippen molar-refractivity contribution in [2.75, 3.05) is 6.54 Å². The summed E-state index contributed by atoms with van der Waals surface area (Å²) < 4.78 is 1.26. The molecule has 1 aromatic carbocycles. The normalized spacial score (nSPS) is 20.4. The first-order valence-corrected chi connectivity index (χ1v) is 7.38. The van der Waals surface area contributed by atoms with Crippen molar-refractivity contribution in [3.63, 3.8) is 0 Å². The highest BCUT2D eigenvalue weighted by Crippen LogP contribution is 2.29. The molecule has 0 radical (unpaired) electrons. The minimum atomic E-state index is -0.461. The molecule has 0 spiro atoms. The minimum Gasteiger partial charge on any atom is -0.389 e. The summed E-state index contributed by atoms with van der Waals surface area (Å²) >= 11 is 2.31. The van der Waals surface area contributed by atoms with Crippen LogP contribution in [-0.4, -0.2) is 17.3 Å². The third-order valence-electron chi connectivity index (χ3n) is 3.64. The molecule has 1 aliphatic rings. The van der Waals surface area contributed by atoms with Crippen LogP contribution < -0.4 is 5.32 Å². The van der Waals surface area contributed by atoms with E-state index in [1.54, 1.807) is 0 Å². The maximum Gasteiger partial charge on any atom is 0.0771 e. The van der Waals surface area contributed by atoms with E-state index in [-0.39, 0.29) is 0 Å². The van der Waals surface area contributed by atoms with Gasteiger partial charge in [0.1, 0.15) is 0 Å². The Morgan fingerprint density at radius 3 is 2.47 bits per heavy atom. The van der Waals surface area contributed by atoms with Gasteiger partial charge in [-0.3, -0.25) is 0 Å². The van der Waals surface area contributed by atoms with E-state index >= 15 is 0 Å². The second-order valence-electron chi connectivity index (χ2n) is 5.09. The van der Waals surface area contributed by atoms with E-state index in [9.17, 15) is 5.11 Å². The zero-order valence-corrected chi connectivity index (χ0v) is 12.4. The number of hydrogen-bond acceptors (Lipinski definition) is 2. The Hall–Kier alpha value is -0.130. The van der Waals surface area contributed by atoms with Gasteiger partial charge in [0.05, 0.1) is 5.60 Å². The maximum absolute atomic E-state index is 10.3. The lowest BCUT2D eigenvalue weighted by atomic mass is 10.0. The molecule has 1 fully saturated rings. The monoisotopic (exact) mass is 345 g/mol. The number of aliphatic hydroxyl groups is 1. The summed E-state index contributed by atoms with van der Waals surface area (Å²) in [6, 6.07) is 8.85. The molecule has 94 valence electrons. The van der Waals surface area contributed by atoms with E-state index in [0.29, 0.717) is 12.6 Å². The van der Waals surface area contributed by atoms with Gasteiger partial charge in [-0.05, 0) is 60.1 Å². The van der Waals surface area contributed by atoms with Crippen LogP contribution in [0.25, 0.3) is 0 Å². The average molecular weight is 345 g/mol. The van der Waals surface area contributed by atoms with Crippen molar-refractivity contribution in [3.05, 3.63) is 33.4 Å². The predicted octanol–water partition coefficient (Wildman–Crippen LogP) is 3.25. The van der Waals surface area contributed by atoms with Crippen molar-refractivity contribution < 1.29 is 5.11 Å². The first-order valence-electron chi connectivity index (χ1n) is 6.30. The van der Waals surface area contributed by atoms with E-state index in [0.717, 1.165) is 25.7 Å². The molecule has 1 aliphatic carbocycles. The van der Waals surface area contributed by atoms with Crippen molar-refractivity contribution in [2.24, 2.45) is 0 Å². The highest BCUT2D eigenvalue weighted by atomic mass is 127. The molecule has 1 atom stereocenters. The average Bonchev–Trinajstić information content (AvgIpc) is 2.75. The van der Waals surface area contributed by atoms with Gasteiger partial charge < -0.3 is 10.4 Å². The first-order chi connectivity index (χ1) is 8.09. The Labute approximate surface area is 117 Å². The largest absolute Gasteiger partial charge is 0.389 e. The Morgan fingerprint density at radius 2 is 1.88 bits per heavy atom. The molecule has 0 amide bonds. The molecule has 0 saturated heterocycles. The number of nitrogens with one attached hydrogen (secondary N) is 1. The van der Waals surface area contributed by atoms with Crippen LogP contribution in [0.3, 0.4) is 0 Å². The van der Waals surface area contributed by atoms with Crippen molar-refractivity contribution in [2.45, 2.75) is 44.2 Å². The van der Waals surface area contributed by atoms with E-state index in [2.05, 4.69) is 59.1 Å². The molecule has 2 rings (SSSR count). The van der Waals surface area contributed by atoms with Gasteiger partial charge in [0.25, 0.3) is 0 Å². The third-order valence-corrected chi connectivity index (χ3v) is 4.36. The SMILES string of the molecule is CC(NCC1(O)CCCC1)c1ccc(I)cc1. The molecule has 3 heteroatoms. The van der Waals surface area contributed by atoms with Gasteiger partial charge in [0.2, 0.25) is 0 Å². The van der Waals surface area contributed by atoms with Crippen LogP contribution in [-0.2, 0) is 0 Å². The van der Waals surface area contributed by atoms with Crippen molar-refractivity contribution in [1.82, 2.24) is 5.32 Å². The molecule has 0 aliphatic heterocycles. The smallest absolute Gasteiger partial charge is 0.0771 e. The van der Waals surface area contributed by atoms with Crippen molar-refractivity contribution in [1.29, 1.82) is 0 Å². The topological polar surface area (TPSA) is 32.3 Å². The van der Waals surface area contributed by atoms with Crippen LogP contribution in [0.5, 0.6) is 0 Å². The first kappa shape index (κ1) is 13.3. The quantitative estimate of drug-likeness (QED) is 0.821. The van der Waals surface area contributed by atoms with E-state index < -0.39 is 5.60 Å². The molecule has 0 heterocycles. The third kappa shape index (κ3) is 3.66.